The fourth-order valence-electron chi connectivity index (χ4n) is 8.06. The van der Waals surface area contributed by atoms with Gasteiger partial charge in [-0.3, -0.25) is 9.13 Å². The van der Waals surface area contributed by atoms with E-state index >= 15 is 0 Å². The van der Waals surface area contributed by atoms with E-state index in [0.717, 1.165) is 0 Å². The fourth-order valence-corrected chi connectivity index (χ4v) is 9.28. The lowest BCUT2D eigenvalue weighted by Gasteiger charge is -2.23. The predicted octanol–water partition coefficient (Wildman–Crippen LogP) is 12.0. The molecule has 7 aromatic carbocycles. The molecule has 1 aliphatic rings. The third-order valence-corrected chi connectivity index (χ3v) is 11.2. The molecule has 4 heteroatoms. The van der Waals surface area contributed by atoms with Gasteiger partial charge in [0.05, 0.1) is 27.8 Å². The third-order valence-electron chi connectivity index (χ3n) is 10.0. The summed E-state index contributed by atoms with van der Waals surface area (Å²) in [6, 6.07) is 59.7. The molecule has 0 N–H and O–H groups in total. The molecule has 0 radical (unpaired) electrons. The molecule has 224 valence electrons. The molecule has 4 heterocycles. The van der Waals surface area contributed by atoms with Crippen LogP contribution in [-0.4, -0.2) is 13.7 Å². The van der Waals surface area contributed by atoms with Gasteiger partial charge in [0, 0.05) is 48.1 Å². The minimum Gasteiger partial charge on any atom is -0.309 e. The van der Waals surface area contributed by atoms with E-state index in [1.165, 1.54) is 92.6 Å². The van der Waals surface area contributed by atoms with Crippen LogP contribution in [0.5, 0.6) is 0 Å². The highest BCUT2D eigenvalue weighted by Gasteiger charge is 2.29. The van der Waals surface area contributed by atoms with E-state index in [2.05, 4.69) is 177 Å². The van der Waals surface area contributed by atoms with Gasteiger partial charge >= 0.3 is 0 Å². The van der Waals surface area contributed by atoms with Crippen molar-refractivity contribution >= 4 is 66.4 Å². The van der Waals surface area contributed by atoms with Gasteiger partial charge in [0.15, 0.2) is 0 Å². The van der Waals surface area contributed by atoms with E-state index in [0.29, 0.717) is 0 Å². The number of hydrogen-bond acceptors (Lipinski definition) is 1. The molecule has 3 aromatic heterocycles. The second-order valence-electron chi connectivity index (χ2n) is 12.6. The molecule has 0 bridgehead atoms. The first-order valence-corrected chi connectivity index (χ1v) is 17.2. The standard InChI is InChI=1S/C44H27N3S/c1-3-13-29(14-4-1)45-36-21-9-7-17-32(36)33-26-25-28(27-39(33)45)31-19-11-23-38-43(31)48-40-24-12-20-35-41-34-18-8-10-22-37(34)46(30-15-5-2-6-16-30)44(41)47(38)42(35)40/h1-27H. The Balaban J connectivity index is 1.22. The molecule has 3 nitrogen and oxygen atoms in total. The molecule has 0 unspecified atom stereocenters. The number of benzene rings is 7. The van der Waals surface area contributed by atoms with Gasteiger partial charge in [-0.15, -0.1) is 0 Å². The normalized spacial score (nSPS) is 12.5. The molecule has 0 spiro atoms. The van der Waals surface area contributed by atoms with Crippen LogP contribution in [0.15, 0.2) is 174 Å². The zero-order valence-electron chi connectivity index (χ0n) is 25.8. The van der Waals surface area contributed by atoms with Crippen LogP contribution in [0.25, 0.3) is 82.8 Å². The van der Waals surface area contributed by atoms with E-state index in [9.17, 15) is 0 Å². The van der Waals surface area contributed by atoms with Crippen molar-refractivity contribution in [2.45, 2.75) is 9.79 Å². The van der Waals surface area contributed by atoms with Crippen LogP contribution in [0.4, 0.5) is 0 Å². The van der Waals surface area contributed by atoms with Crippen molar-refractivity contribution in [3.63, 3.8) is 0 Å². The van der Waals surface area contributed by atoms with Gasteiger partial charge < -0.3 is 4.57 Å². The van der Waals surface area contributed by atoms with Crippen molar-refractivity contribution in [1.82, 2.24) is 13.7 Å². The summed E-state index contributed by atoms with van der Waals surface area (Å²) >= 11 is 1.90. The van der Waals surface area contributed by atoms with Crippen LogP contribution < -0.4 is 0 Å². The van der Waals surface area contributed by atoms with E-state index in [4.69, 9.17) is 0 Å². The number of hydrogen-bond donors (Lipinski definition) is 0. The van der Waals surface area contributed by atoms with Crippen LogP contribution >= 0.6 is 11.8 Å². The first-order chi connectivity index (χ1) is 23.8. The Morgan fingerprint density at radius 1 is 0.417 bits per heavy atom. The van der Waals surface area contributed by atoms with Crippen molar-refractivity contribution in [2.75, 3.05) is 0 Å². The maximum atomic E-state index is 2.53. The largest absolute Gasteiger partial charge is 0.309 e. The molecule has 0 saturated heterocycles. The third kappa shape index (κ3) is 3.45. The van der Waals surface area contributed by atoms with Crippen LogP contribution in [-0.2, 0) is 0 Å². The zero-order chi connectivity index (χ0) is 31.3. The molecule has 1 aliphatic heterocycles. The SMILES string of the molecule is c1ccc(-n2c3ccccc3c3ccc(-c4cccc5c4Sc4cccc6c7c8ccccc8n(-c8ccccc8)c7n-5c46)cc32)cc1. The average molecular weight is 630 g/mol. The van der Waals surface area contributed by atoms with Crippen LogP contribution in [0.3, 0.4) is 0 Å². The fraction of sp³-hybridized carbons (Fsp3) is 0. The smallest absolute Gasteiger partial charge is 0.131 e. The molecule has 0 atom stereocenters. The maximum Gasteiger partial charge on any atom is 0.131 e. The zero-order valence-corrected chi connectivity index (χ0v) is 26.7. The number of aromatic nitrogens is 3. The Labute approximate surface area is 280 Å². The molecule has 0 aliphatic carbocycles. The quantitative estimate of drug-likeness (QED) is 0.190. The Morgan fingerprint density at radius 3 is 1.83 bits per heavy atom. The summed E-state index contributed by atoms with van der Waals surface area (Å²) in [5.41, 5.74) is 12.2. The van der Waals surface area contributed by atoms with Gasteiger partial charge in [-0.05, 0) is 65.7 Å². The van der Waals surface area contributed by atoms with Gasteiger partial charge in [-0.2, -0.15) is 0 Å². The molecular weight excluding hydrogens is 603 g/mol. The molecule has 0 fully saturated rings. The van der Waals surface area contributed by atoms with Crippen LogP contribution in [0, 0.1) is 0 Å². The van der Waals surface area contributed by atoms with Gasteiger partial charge in [0.25, 0.3) is 0 Å². The molecule has 48 heavy (non-hydrogen) atoms. The molecular formula is C44H27N3S. The second kappa shape index (κ2) is 9.77. The minimum atomic E-state index is 1.17. The Hall–Kier alpha value is -5.97. The lowest BCUT2D eigenvalue weighted by Crippen LogP contribution is -2.06. The summed E-state index contributed by atoms with van der Waals surface area (Å²) in [6.07, 6.45) is 0. The van der Waals surface area contributed by atoms with Crippen LogP contribution in [0.1, 0.15) is 0 Å². The lowest BCUT2D eigenvalue weighted by atomic mass is 10.0. The summed E-state index contributed by atoms with van der Waals surface area (Å²) < 4.78 is 7.39. The summed E-state index contributed by atoms with van der Waals surface area (Å²) in [5.74, 6) is 0. The molecule has 0 saturated carbocycles. The van der Waals surface area contributed by atoms with E-state index in [1.54, 1.807) is 0 Å². The van der Waals surface area contributed by atoms with E-state index in [-0.39, 0.29) is 0 Å². The summed E-state index contributed by atoms with van der Waals surface area (Å²) in [7, 11) is 0. The van der Waals surface area contributed by atoms with Crippen molar-refractivity contribution < 1.29 is 0 Å². The van der Waals surface area contributed by atoms with Crippen molar-refractivity contribution in [2.24, 2.45) is 0 Å². The number of fused-ring (bicyclic) bond motifs is 10. The van der Waals surface area contributed by atoms with Gasteiger partial charge in [-0.1, -0.05) is 121 Å². The second-order valence-corrected chi connectivity index (χ2v) is 13.6. The average Bonchev–Trinajstić information content (AvgIpc) is 3.79. The summed E-state index contributed by atoms with van der Waals surface area (Å²) in [4.78, 5) is 2.56. The number of para-hydroxylation sites is 5. The monoisotopic (exact) mass is 629 g/mol. The first kappa shape index (κ1) is 26.1. The Morgan fingerprint density at radius 2 is 1.04 bits per heavy atom. The van der Waals surface area contributed by atoms with Gasteiger partial charge in [0.2, 0.25) is 0 Å². The topological polar surface area (TPSA) is 14.8 Å². The lowest BCUT2D eigenvalue weighted by molar-refractivity contribution is 1.03. The van der Waals surface area contributed by atoms with Gasteiger partial charge in [-0.25, -0.2) is 0 Å². The van der Waals surface area contributed by atoms with Crippen LogP contribution in [0.2, 0.25) is 0 Å². The maximum absolute atomic E-state index is 2.53. The first-order valence-electron chi connectivity index (χ1n) is 16.4. The Kier molecular flexibility index (Phi) is 5.32. The van der Waals surface area contributed by atoms with Crippen molar-refractivity contribution in [3.8, 4) is 28.2 Å². The minimum absolute atomic E-state index is 1.17. The highest BCUT2D eigenvalue weighted by atomic mass is 32.2. The number of nitrogens with zero attached hydrogens (tertiary/aromatic N) is 3. The highest BCUT2D eigenvalue weighted by molar-refractivity contribution is 8.00. The van der Waals surface area contributed by atoms with Crippen molar-refractivity contribution in [3.05, 3.63) is 164 Å². The Bertz CT molecular complexity index is 2910. The highest BCUT2D eigenvalue weighted by Crippen LogP contribution is 2.52. The molecule has 11 rings (SSSR count). The summed E-state index contributed by atoms with van der Waals surface area (Å²) in [6.45, 7) is 0. The van der Waals surface area contributed by atoms with Gasteiger partial charge in [0.1, 0.15) is 5.65 Å². The predicted molar refractivity (Wildman–Crippen MR) is 202 cm³/mol. The summed E-state index contributed by atoms with van der Waals surface area (Å²) in [5, 5.41) is 6.42. The van der Waals surface area contributed by atoms with Crippen molar-refractivity contribution in [1.29, 1.82) is 0 Å². The molecule has 10 aromatic rings. The molecule has 0 amide bonds. The van der Waals surface area contributed by atoms with E-state index < -0.39 is 0 Å². The van der Waals surface area contributed by atoms with E-state index in [1.807, 2.05) is 11.8 Å². The number of rotatable bonds is 3.